The number of methoxy groups -OCH3 is 1. The maximum atomic E-state index is 12.6. The molecule has 0 fully saturated rings. The van der Waals surface area contributed by atoms with Crippen LogP contribution in [0.15, 0.2) is 47.5 Å². The molecule has 2 N–H and O–H groups in total. The Labute approximate surface area is 208 Å². The molecule has 0 saturated heterocycles. The molecule has 0 aromatic heterocycles. The zero-order valence-electron chi connectivity index (χ0n) is 19.3. The first kappa shape index (κ1) is 26.0. The van der Waals surface area contributed by atoms with Gasteiger partial charge in [-0.2, -0.15) is 0 Å². The van der Waals surface area contributed by atoms with E-state index in [0.717, 1.165) is 56.2 Å². The highest BCUT2D eigenvalue weighted by atomic mass is 127. The van der Waals surface area contributed by atoms with Crippen LogP contribution in [0, 0.1) is 6.92 Å². The number of hydrogen-bond acceptors (Lipinski definition) is 3. The molecule has 174 valence electrons. The van der Waals surface area contributed by atoms with E-state index in [-0.39, 0.29) is 29.9 Å². The topological polar surface area (TPSA) is 66.0 Å². The Balaban J connectivity index is 0.00000363. The van der Waals surface area contributed by atoms with Gasteiger partial charge in [-0.05, 0) is 54.5 Å². The predicted molar refractivity (Wildman–Crippen MR) is 141 cm³/mol. The molecule has 32 heavy (non-hydrogen) atoms. The van der Waals surface area contributed by atoms with Crippen molar-refractivity contribution in [3.63, 3.8) is 0 Å². The molecule has 0 atom stereocenters. The highest BCUT2D eigenvalue weighted by molar-refractivity contribution is 14.0. The zero-order chi connectivity index (χ0) is 22.1. The van der Waals surface area contributed by atoms with Gasteiger partial charge in [-0.3, -0.25) is 9.79 Å². The molecule has 0 aliphatic carbocycles. The number of benzene rings is 2. The Hall–Kier alpha value is -2.29. The van der Waals surface area contributed by atoms with Crippen molar-refractivity contribution < 1.29 is 9.53 Å². The Morgan fingerprint density at radius 1 is 1.12 bits per heavy atom. The molecule has 6 nitrogen and oxygen atoms in total. The van der Waals surface area contributed by atoms with Crippen LogP contribution in [0.25, 0.3) is 0 Å². The van der Waals surface area contributed by atoms with Crippen molar-refractivity contribution in [2.75, 3.05) is 33.8 Å². The first-order chi connectivity index (χ1) is 15.1. The van der Waals surface area contributed by atoms with Gasteiger partial charge in [0.2, 0.25) is 5.91 Å². The van der Waals surface area contributed by atoms with E-state index >= 15 is 0 Å². The third-order valence-corrected chi connectivity index (χ3v) is 5.75. The highest BCUT2D eigenvalue weighted by Gasteiger charge is 2.19. The molecule has 0 radical (unpaired) electrons. The minimum Gasteiger partial charge on any atom is -0.496 e. The summed E-state index contributed by atoms with van der Waals surface area (Å²) in [5.41, 5.74) is 5.00. The fraction of sp³-hybridized carbons (Fsp3) is 0.440. The minimum atomic E-state index is 0. The number of carbonyl (C=O) groups is 1. The number of nitrogens with one attached hydrogen (secondary N) is 2. The number of fused-ring (bicyclic) bond motifs is 1. The number of amides is 1. The number of hydrogen-bond donors (Lipinski definition) is 2. The van der Waals surface area contributed by atoms with E-state index in [0.29, 0.717) is 13.0 Å². The predicted octanol–water partition coefficient (Wildman–Crippen LogP) is 3.69. The largest absolute Gasteiger partial charge is 0.496 e. The smallest absolute Gasteiger partial charge is 0.222 e. The number of halogens is 1. The Morgan fingerprint density at radius 2 is 1.88 bits per heavy atom. The normalized spacial score (nSPS) is 13.1. The third-order valence-electron chi connectivity index (χ3n) is 5.75. The molecule has 0 unspecified atom stereocenters. The standard InChI is InChI=1S/C25H34N4O2.HI/c1-19-10-11-20(17-23(19)31-3)12-15-28-25(26-2)27-14-6-9-24(30)29-16-13-21-7-4-5-8-22(21)18-29;/h4-5,7-8,10-11,17H,6,9,12-16,18H2,1-3H3,(H2,26,27,28);1H. The molecule has 0 saturated carbocycles. The monoisotopic (exact) mass is 550 g/mol. The number of aryl methyl sites for hydroxylation is 1. The zero-order valence-corrected chi connectivity index (χ0v) is 21.6. The number of nitrogens with zero attached hydrogens (tertiary/aromatic N) is 2. The summed E-state index contributed by atoms with van der Waals surface area (Å²) in [6.45, 7) is 5.08. The van der Waals surface area contributed by atoms with Crippen LogP contribution in [0.4, 0.5) is 0 Å². The van der Waals surface area contributed by atoms with Crippen LogP contribution in [0.3, 0.4) is 0 Å². The van der Waals surface area contributed by atoms with E-state index in [1.165, 1.54) is 16.7 Å². The highest BCUT2D eigenvalue weighted by Crippen LogP contribution is 2.20. The number of aliphatic imine (C=N–C) groups is 1. The lowest BCUT2D eigenvalue weighted by molar-refractivity contribution is -0.132. The van der Waals surface area contributed by atoms with E-state index in [4.69, 9.17) is 4.74 Å². The van der Waals surface area contributed by atoms with Crippen molar-refractivity contribution in [2.45, 2.75) is 39.2 Å². The third kappa shape index (κ3) is 7.39. The van der Waals surface area contributed by atoms with Crippen molar-refractivity contribution in [1.82, 2.24) is 15.5 Å². The lowest BCUT2D eigenvalue weighted by atomic mass is 9.99. The van der Waals surface area contributed by atoms with Crippen molar-refractivity contribution >= 4 is 35.8 Å². The van der Waals surface area contributed by atoms with Crippen LogP contribution in [0.2, 0.25) is 0 Å². The Morgan fingerprint density at radius 3 is 2.62 bits per heavy atom. The average molecular weight is 550 g/mol. The van der Waals surface area contributed by atoms with Gasteiger partial charge < -0.3 is 20.3 Å². The van der Waals surface area contributed by atoms with Gasteiger partial charge in [0.1, 0.15) is 5.75 Å². The van der Waals surface area contributed by atoms with Crippen molar-refractivity contribution in [2.24, 2.45) is 4.99 Å². The van der Waals surface area contributed by atoms with Gasteiger partial charge in [0.05, 0.1) is 7.11 Å². The van der Waals surface area contributed by atoms with Gasteiger partial charge in [-0.1, -0.05) is 36.4 Å². The molecule has 3 rings (SSSR count). The molecular weight excluding hydrogens is 515 g/mol. The summed E-state index contributed by atoms with van der Waals surface area (Å²) in [7, 11) is 3.46. The van der Waals surface area contributed by atoms with Crippen LogP contribution < -0.4 is 15.4 Å². The van der Waals surface area contributed by atoms with Crippen LogP contribution in [0.1, 0.15) is 35.1 Å². The van der Waals surface area contributed by atoms with Crippen molar-refractivity contribution in [1.29, 1.82) is 0 Å². The fourth-order valence-electron chi connectivity index (χ4n) is 3.88. The van der Waals surface area contributed by atoms with Gasteiger partial charge in [0.15, 0.2) is 5.96 Å². The van der Waals surface area contributed by atoms with Crippen LogP contribution in [0.5, 0.6) is 5.75 Å². The van der Waals surface area contributed by atoms with E-state index in [2.05, 4.69) is 52.0 Å². The maximum Gasteiger partial charge on any atom is 0.222 e. The summed E-state index contributed by atoms with van der Waals surface area (Å²) in [4.78, 5) is 18.8. The van der Waals surface area contributed by atoms with Gasteiger partial charge in [-0.15, -0.1) is 24.0 Å². The lowest BCUT2D eigenvalue weighted by Crippen LogP contribution is -2.39. The molecule has 0 spiro atoms. The Bertz CT molecular complexity index is 917. The maximum absolute atomic E-state index is 12.6. The number of guanidine groups is 1. The Kier molecular flexibility index (Phi) is 10.8. The molecular formula is C25H35IN4O2. The second-order valence-corrected chi connectivity index (χ2v) is 7.92. The van der Waals surface area contributed by atoms with E-state index in [9.17, 15) is 4.79 Å². The van der Waals surface area contributed by atoms with Crippen LogP contribution in [-0.2, 0) is 24.2 Å². The SMILES string of the molecule is CN=C(NCCCC(=O)N1CCc2ccccc2C1)NCCc1ccc(C)c(OC)c1.I. The molecule has 0 bridgehead atoms. The fourth-order valence-corrected chi connectivity index (χ4v) is 3.88. The van der Waals surface area contributed by atoms with Crippen molar-refractivity contribution in [3.8, 4) is 5.75 Å². The summed E-state index contributed by atoms with van der Waals surface area (Å²) in [6.07, 6.45) is 3.16. The second kappa shape index (κ2) is 13.3. The average Bonchev–Trinajstić information content (AvgIpc) is 2.81. The summed E-state index contributed by atoms with van der Waals surface area (Å²) >= 11 is 0. The molecule has 1 amide bonds. The molecule has 2 aromatic carbocycles. The summed E-state index contributed by atoms with van der Waals surface area (Å²) in [5.74, 6) is 1.91. The van der Waals surface area contributed by atoms with Gasteiger partial charge >= 0.3 is 0 Å². The number of rotatable bonds is 8. The van der Waals surface area contributed by atoms with E-state index in [1.807, 2.05) is 17.9 Å². The molecule has 7 heteroatoms. The minimum absolute atomic E-state index is 0. The second-order valence-electron chi connectivity index (χ2n) is 7.92. The summed E-state index contributed by atoms with van der Waals surface area (Å²) in [6, 6.07) is 14.7. The van der Waals surface area contributed by atoms with E-state index in [1.54, 1.807) is 14.2 Å². The quantitative estimate of drug-likeness (QED) is 0.228. The first-order valence-electron chi connectivity index (χ1n) is 11.0. The van der Waals surface area contributed by atoms with Gasteiger partial charge in [0, 0.05) is 39.6 Å². The van der Waals surface area contributed by atoms with Crippen LogP contribution >= 0.6 is 24.0 Å². The molecule has 1 heterocycles. The van der Waals surface area contributed by atoms with Crippen LogP contribution in [-0.4, -0.2) is 50.6 Å². The molecule has 2 aromatic rings. The molecule has 1 aliphatic rings. The van der Waals surface area contributed by atoms with Gasteiger partial charge in [-0.25, -0.2) is 0 Å². The summed E-state index contributed by atoms with van der Waals surface area (Å²) in [5, 5.41) is 6.64. The van der Waals surface area contributed by atoms with E-state index < -0.39 is 0 Å². The first-order valence-corrected chi connectivity index (χ1v) is 11.0. The number of carbonyl (C=O) groups excluding carboxylic acids is 1. The summed E-state index contributed by atoms with van der Waals surface area (Å²) < 4.78 is 5.39. The lowest BCUT2D eigenvalue weighted by Gasteiger charge is -2.29. The van der Waals surface area contributed by atoms with Gasteiger partial charge in [0.25, 0.3) is 0 Å². The van der Waals surface area contributed by atoms with Crippen molar-refractivity contribution in [3.05, 3.63) is 64.7 Å². The number of ether oxygens (including phenoxy) is 1. The molecule has 1 aliphatic heterocycles.